The van der Waals surface area contributed by atoms with Crippen LogP contribution in [-0.4, -0.2) is 13.7 Å². The Kier molecular flexibility index (Phi) is 2.39. The Morgan fingerprint density at radius 3 is 2.71 bits per heavy atom. The van der Waals surface area contributed by atoms with E-state index in [4.69, 9.17) is 0 Å². The number of hydrogen-bond acceptors (Lipinski definition) is 3. The predicted octanol–water partition coefficient (Wildman–Crippen LogP) is 2.63. The highest BCUT2D eigenvalue weighted by molar-refractivity contribution is 7.79. The quantitative estimate of drug-likeness (QED) is 0.487. The summed E-state index contributed by atoms with van der Waals surface area (Å²) in [5, 5.41) is 2.55. The van der Waals surface area contributed by atoms with Crippen LogP contribution in [0.15, 0.2) is 53.6 Å². The van der Waals surface area contributed by atoms with Gasteiger partial charge in [0, 0.05) is 21.9 Å². The van der Waals surface area contributed by atoms with E-state index in [9.17, 15) is 8.76 Å². The third-order valence-corrected chi connectivity index (χ3v) is 3.46. The van der Waals surface area contributed by atoms with Crippen molar-refractivity contribution in [3.63, 3.8) is 0 Å². The zero-order valence-electron chi connectivity index (χ0n) is 8.79. The zero-order chi connectivity index (χ0) is 11.8. The molecule has 3 aromatic rings. The highest BCUT2D eigenvalue weighted by Crippen LogP contribution is 2.27. The molecule has 4 heteroatoms. The van der Waals surface area contributed by atoms with Gasteiger partial charge in [0.05, 0.1) is 5.52 Å². The summed E-state index contributed by atoms with van der Waals surface area (Å²) in [6.07, 6.45) is 1.76. The average Bonchev–Trinajstić information content (AvgIpc) is 2.37. The van der Waals surface area contributed by atoms with Crippen LogP contribution in [0.4, 0.5) is 0 Å². The van der Waals surface area contributed by atoms with E-state index >= 15 is 0 Å². The number of aromatic nitrogens is 1. The number of pyridine rings is 1. The van der Waals surface area contributed by atoms with Gasteiger partial charge in [-0.25, -0.2) is 0 Å². The topological polar surface area (TPSA) is 53.0 Å². The maximum absolute atomic E-state index is 11.2. The Bertz CT molecular complexity index is 740. The Morgan fingerprint density at radius 1 is 1.06 bits per heavy atom. The van der Waals surface area contributed by atoms with Crippen LogP contribution in [0.5, 0.6) is 0 Å². The first kappa shape index (κ1) is 10.4. The van der Waals surface area contributed by atoms with E-state index in [2.05, 4.69) is 4.98 Å². The normalized spacial score (nSPS) is 13.0. The molecule has 0 aliphatic heterocycles. The Hall–Kier alpha value is -1.78. The first-order valence-electron chi connectivity index (χ1n) is 5.13. The van der Waals surface area contributed by atoms with Crippen molar-refractivity contribution in [1.29, 1.82) is 0 Å². The van der Waals surface area contributed by atoms with E-state index in [0.717, 1.165) is 10.8 Å². The van der Waals surface area contributed by atoms with Gasteiger partial charge in [-0.2, -0.15) is 0 Å². The molecule has 1 atom stereocenters. The molecule has 1 unspecified atom stereocenters. The van der Waals surface area contributed by atoms with Crippen molar-refractivity contribution in [2.24, 2.45) is 0 Å². The minimum Gasteiger partial charge on any atom is -0.768 e. The molecule has 84 valence electrons. The molecule has 0 aliphatic carbocycles. The molecule has 0 aliphatic rings. The molecule has 0 bridgehead atoms. The van der Waals surface area contributed by atoms with Gasteiger partial charge in [-0.1, -0.05) is 30.3 Å². The van der Waals surface area contributed by atoms with Crippen LogP contribution >= 0.6 is 0 Å². The summed E-state index contributed by atoms with van der Waals surface area (Å²) in [7, 11) is 0. The largest absolute Gasteiger partial charge is 0.768 e. The van der Waals surface area contributed by atoms with Crippen LogP contribution in [0, 0.1) is 0 Å². The van der Waals surface area contributed by atoms with Gasteiger partial charge in [0.1, 0.15) is 0 Å². The van der Waals surface area contributed by atoms with Gasteiger partial charge in [-0.15, -0.1) is 0 Å². The van der Waals surface area contributed by atoms with Gasteiger partial charge in [0.25, 0.3) is 0 Å². The third kappa shape index (κ3) is 1.62. The van der Waals surface area contributed by atoms with Crippen molar-refractivity contribution >= 4 is 32.8 Å². The van der Waals surface area contributed by atoms with Crippen molar-refractivity contribution in [3.8, 4) is 0 Å². The number of benzene rings is 2. The molecule has 2 aromatic carbocycles. The standard InChI is InChI=1S/C13H9NO2S/c15-17(16)12-7-3-6-11-13(12)10-5-2-1-4-9(10)8-14-11/h1-8H,(H,15,16)/p-1. The lowest BCUT2D eigenvalue weighted by Crippen LogP contribution is -1.92. The van der Waals surface area contributed by atoms with Crippen LogP contribution in [0.2, 0.25) is 0 Å². The van der Waals surface area contributed by atoms with E-state index < -0.39 is 11.1 Å². The summed E-state index contributed by atoms with van der Waals surface area (Å²) in [5.74, 6) is 0. The fourth-order valence-electron chi connectivity index (χ4n) is 2.01. The average molecular weight is 242 g/mol. The van der Waals surface area contributed by atoms with E-state index in [0.29, 0.717) is 15.8 Å². The second-order valence-electron chi connectivity index (χ2n) is 3.73. The highest BCUT2D eigenvalue weighted by atomic mass is 32.2. The molecule has 3 nitrogen and oxygen atoms in total. The van der Waals surface area contributed by atoms with Crippen LogP contribution in [0.25, 0.3) is 21.7 Å². The lowest BCUT2D eigenvalue weighted by atomic mass is 10.1. The fraction of sp³-hybridized carbons (Fsp3) is 0. The molecule has 0 radical (unpaired) electrons. The summed E-state index contributed by atoms with van der Waals surface area (Å²) >= 11 is -2.25. The Morgan fingerprint density at radius 2 is 1.88 bits per heavy atom. The van der Waals surface area contributed by atoms with Gasteiger partial charge in [-0.3, -0.25) is 9.19 Å². The minimum atomic E-state index is -2.25. The Labute approximate surface area is 100 Å². The molecular formula is C13H8NO2S-. The predicted molar refractivity (Wildman–Crippen MR) is 66.4 cm³/mol. The van der Waals surface area contributed by atoms with Crippen molar-refractivity contribution < 1.29 is 8.76 Å². The van der Waals surface area contributed by atoms with Crippen molar-refractivity contribution in [2.45, 2.75) is 4.90 Å². The van der Waals surface area contributed by atoms with Crippen LogP contribution in [0.1, 0.15) is 0 Å². The van der Waals surface area contributed by atoms with Crippen LogP contribution in [0.3, 0.4) is 0 Å². The van der Waals surface area contributed by atoms with E-state index in [1.807, 2.05) is 30.3 Å². The number of hydrogen-bond donors (Lipinski definition) is 0. The monoisotopic (exact) mass is 242 g/mol. The molecule has 0 saturated heterocycles. The van der Waals surface area contributed by atoms with Gasteiger partial charge < -0.3 is 4.55 Å². The molecule has 1 heterocycles. The van der Waals surface area contributed by atoms with Gasteiger partial charge in [0.2, 0.25) is 0 Å². The molecule has 3 rings (SSSR count). The van der Waals surface area contributed by atoms with Gasteiger partial charge >= 0.3 is 0 Å². The summed E-state index contributed by atoms with van der Waals surface area (Å²) in [5.41, 5.74) is 0.699. The number of rotatable bonds is 1. The minimum absolute atomic E-state index is 0.298. The number of fused-ring (bicyclic) bond motifs is 3. The second kappa shape index (κ2) is 3.91. The van der Waals surface area contributed by atoms with E-state index in [1.54, 1.807) is 18.3 Å². The molecule has 0 amide bonds. The summed E-state index contributed by atoms with van der Waals surface area (Å²) in [4.78, 5) is 4.58. The maximum atomic E-state index is 11.2. The van der Waals surface area contributed by atoms with Gasteiger partial charge in [-0.05, 0) is 28.6 Å². The fourth-order valence-corrected chi connectivity index (χ4v) is 2.58. The molecule has 0 fully saturated rings. The van der Waals surface area contributed by atoms with E-state index in [-0.39, 0.29) is 0 Å². The van der Waals surface area contributed by atoms with E-state index in [1.165, 1.54) is 0 Å². The van der Waals surface area contributed by atoms with Gasteiger partial charge in [0.15, 0.2) is 0 Å². The van der Waals surface area contributed by atoms with Crippen LogP contribution < -0.4 is 0 Å². The van der Waals surface area contributed by atoms with Crippen molar-refractivity contribution in [2.75, 3.05) is 0 Å². The first-order valence-corrected chi connectivity index (χ1v) is 6.20. The highest BCUT2D eigenvalue weighted by Gasteiger charge is 2.06. The second-order valence-corrected chi connectivity index (χ2v) is 4.64. The molecule has 1 aromatic heterocycles. The van der Waals surface area contributed by atoms with Crippen LogP contribution in [-0.2, 0) is 11.1 Å². The molecule has 0 spiro atoms. The number of nitrogens with zero attached hydrogens (tertiary/aromatic N) is 1. The third-order valence-electron chi connectivity index (χ3n) is 2.76. The molecule has 17 heavy (non-hydrogen) atoms. The zero-order valence-corrected chi connectivity index (χ0v) is 9.61. The summed E-state index contributed by atoms with van der Waals surface area (Å²) in [6, 6.07) is 12.8. The van der Waals surface area contributed by atoms with Crippen molar-refractivity contribution in [3.05, 3.63) is 48.7 Å². The first-order chi connectivity index (χ1) is 8.27. The smallest absolute Gasteiger partial charge is 0.0720 e. The molecule has 0 N–H and O–H groups in total. The lowest BCUT2D eigenvalue weighted by Gasteiger charge is -2.10. The summed E-state index contributed by atoms with van der Waals surface area (Å²) < 4.78 is 22.5. The lowest BCUT2D eigenvalue weighted by molar-refractivity contribution is 0.538. The Balaban J connectivity index is 2.59. The van der Waals surface area contributed by atoms with Crippen molar-refractivity contribution in [1.82, 2.24) is 4.98 Å². The SMILES string of the molecule is O=S([O-])c1cccc2ncc3ccccc3c12. The maximum Gasteiger partial charge on any atom is 0.0720 e. The molecule has 0 saturated carbocycles. The molecular weight excluding hydrogens is 234 g/mol. The summed E-state index contributed by atoms with van der Waals surface area (Å²) in [6.45, 7) is 0.